The molecule has 284 valence electrons. The lowest BCUT2D eigenvalue weighted by Crippen LogP contribution is -2.38. The van der Waals surface area contributed by atoms with Crippen molar-refractivity contribution in [1.29, 1.82) is 0 Å². The van der Waals surface area contributed by atoms with Gasteiger partial charge in [-0.25, -0.2) is 0 Å². The lowest BCUT2D eigenvalue weighted by atomic mass is 9.58. The molecule has 3 aliphatic rings. The van der Waals surface area contributed by atoms with E-state index in [1.165, 1.54) is 58.9 Å². The second kappa shape index (κ2) is 13.8. The van der Waals surface area contributed by atoms with Gasteiger partial charge < -0.3 is 23.7 Å². The summed E-state index contributed by atoms with van der Waals surface area (Å²) in [7, 11) is 6.86. The Morgan fingerprint density at radius 1 is 0.589 bits per heavy atom. The zero-order chi connectivity index (χ0) is 38.7. The van der Waals surface area contributed by atoms with Crippen molar-refractivity contribution in [2.75, 3.05) is 28.4 Å². The van der Waals surface area contributed by atoms with Gasteiger partial charge in [-0.05, 0) is 119 Å². The summed E-state index contributed by atoms with van der Waals surface area (Å²) in [4.78, 5) is 0. The van der Waals surface area contributed by atoms with Crippen LogP contribution >= 0.6 is 0 Å². The summed E-state index contributed by atoms with van der Waals surface area (Å²) in [5, 5.41) is 2.20. The Kier molecular flexibility index (Phi) is 8.87. The van der Waals surface area contributed by atoms with Crippen LogP contribution in [0.2, 0.25) is 0 Å². The molecule has 2 aliphatic carbocycles. The number of ether oxygens (including phenoxy) is 5. The molecule has 1 aliphatic heterocycles. The largest absolute Gasteiger partial charge is 0.497 e. The van der Waals surface area contributed by atoms with Crippen LogP contribution in [0.25, 0.3) is 39.1 Å². The molecule has 1 heterocycles. The Balaban J connectivity index is 1.36. The number of fused-ring (bicyclic) bond motifs is 10. The zero-order valence-corrected chi connectivity index (χ0v) is 33.3. The fraction of sp³-hybridized carbons (Fsp3) is 0.294. The fourth-order valence-corrected chi connectivity index (χ4v) is 10.2. The minimum Gasteiger partial charge on any atom is -0.497 e. The first-order chi connectivity index (χ1) is 27.4. The predicted molar refractivity (Wildman–Crippen MR) is 227 cm³/mol. The van der Waals surface area contributed by atoms with E-state index in [9.17, 15) is 0 Å². The van der Waals surface area contributed by atoms with Gasteiger partial charge >= 0.3 is 0 Å². The lowest BCUT2D eigenvalue weighted by molar-refractivity contribution is 0.132. The number of hydrogen-bond donors (Lipinski definition) is 0. The first-order valence-electron chi connectivity index (χ1n) is 20.0. The number of hydrogen-bond acceptors (Lipinski definition) is 5. The smallest absolute Gasteiger partial charge is 0.178 e. The van der Waals surface area contributed by atoms with Crippen LogP contribution in [-0.4, -0.2) is 28.4 Å². The summed E-state index contributed by atoms with van der Waals surface area (Å²) in [6, 6.07) is 38.5. The molecule has 1 spiro atoms. The van der Waals surface area contributed by atoms with Crippen molar-refractivity contribution in [1.82, 2.24) is 0 Å². The van der Waals surface area contributed by atoms with E-state index in [1.807, 2.05) is 36.4 Å². The molecule has 0 N–H and O–H groups in total. The third-order valence-corrected chi connectivity index (χ3v) is 13.7. The van der Waals surface area contributed by atoms with E-state index in [0.29, 0.717) is 5.41 Å². The lowest BCUT2D eigenvalue weighted by Gasteiger charge is -2.47. The molecule has 5 heteroatoms. The van der Waals surface area contributed by atoms with Gasteiger partial charge in [-0.1, -0.05) is 93.4 Å². The topological polar surface area (TPSA) is 46.2 Å². The second-order valence-electron chi connectivity index (χ2n) is 15.8. The average molecular weight is 743 g/mol. The highest BCUT2D eigenvalue weighted by Crippen LogP contribution is 2.64. The highest BCUT2D eigenvalue weighted by Gasteiger charge is 2.51. The first kappa shape index (κ1) is 36.0. The maximum Gasteiger partial charge on any atom is 0.178 e. The van der Waals surface area contributed by atoms with Crippen LogP contribution in [0.1, 0.15) is 80.2 Å². The normalized spacial score (nSPS) is 16.8. The van der Waals surface area contributed by atoms with Crippen LogP contribution in [0, 0.1) is 5.41 Å². The van der Waals surface area contributed by atoms with Crippen LogP contribution < -0.4 is 23.7 Å². The van der Waals surface area contributed by atoms with E-state index in [2.05, 4.69) is 98.8 Å². The first-order valence-corrected chi connectivity index (χ1v) is 20.0. The van der Waals surface area contributed by atoms with Gasteiger partial charge in [-0.15, -0.1) is 0 Å². The molecule has 0 radical (unpaired) electrons. The Morgan fingerprint density at radius 3 is 1.71 bits per heavy atom. The third-order valence-electron chi connectivity index (χ3n) is 13.7. The SMILES string of the molecule is CCC1(CC)CCC2(CC1)c1ccccc1-c1c2c2c(c3cc(OC)c(-c4ccc(OC)cc4)cc13)OC(c1ccc(OC)cc1)(c1ccc(OC)cc1)C=C2. The number of methoxy groups -OCH3 is 4. The molecule has 6 aromatic carbocycles. The molecular weight excluding hydrogens is 693 g/mol. The van der Waals surface area contributed by atoms with E-state index in [-0.39, 0.29) is 5.41 Å². The van der Waals surface area contributed by atoms with Gasteiger partial charge in [0.05, 0.1) is 28.4 Å². The highest BCUT2D eigenvalue weighted by atomic mass is 16.5. The molecule has 0 unspecified atom stereocenters. The van der Waals surface area contributed by atoms with Crippen molar-refractivity contribution < 1.29 is 23.7 Å². The van der Waals surface area contributed by atoms with Gasteiger partial charge in [0.25, 0.3) is 0 Å². The van der Waals surface area contributed by atoms with Gasteiger partial charge in [-0.3, -0.25) is 0 Å². The van der Waals surface area contributed by atoms with Crippen molar-refractivity contribution in [2.45, 2.75) is 63.4 Å². The number of rotatable bonds is 9. The predicted octanol–water partition coefficient (Wildman–Crippen LogP) is 12.5. The van der Waals surface area contributed by atoms with Gasteiger partial charge in [0, 0.05) is 33.1 Å². The zero-order valence-electron chi connectivity index (χ0n) is 33.3. The summed E-state index contributed by atoms with van der Waals surface area (Å²) in [6.07, 6.45) is 11.7. The van der Waals surface area contributed by atoms with E-state index < -0.39 is 5.60 Å². The molecule has 9 rings (SSSR count). The van der Waals surface area contributed by atoms with Gasteiger partial charge in [0.2, 0.25) is 0 Å². The van der Waals surface area contributed by atoms with Crippen LogP contribution in [-0.2, 0) is 11.0 Å². The van der Waals surface area contributed by atoms with Crippen LogP contribution in [0.4, 0.5) is 0 Å². The molecule has 0 bridgehead atoms. The summed E-state index contributed by atoms with van der Waals surface area (Å²) >= 11 is 0. The van der Waals surface area contributed by atoms with Crippen molar-refractivity contribution in [3.63, 3.8) is 0 Å². The average Bonchev–Trinajstić information content (AvgIpc) is 3.56. The minimum atomic E-state index is -0.931. The monoisotopic (exact) mass is 742 g/mol. The summed E-state index contributed by atoms with van der Waals surface area (Å²) in [5.41, 5.74) is 10.1. The summed E-state index contributed by atoms with van der Waals surface area (Å²) in [6.45, 7) is 4.77. The quantitative estimate of drug-likeness (QED) is 0.148. The number of benzene rings is 6. The van der Waals surface area contributed by atoms with Crippen LogP contribution in [0.3, 0.4) is 0 Å². The van der Waals surface area contributed by atoms with E-state index in [1.54, 1.807) is 28.4 Å². The molecule has 5 nitrogen and oxygen atoms in total. The van der Waals surface area contributed by atoms with Crippen LogP contribution in [0.15, 0.2) is 115 Å². The summed E-state index contributed by atoms with van der Waals surface area (Å²) in [5.74, 6) is 4.08. The Hall–Kier alpha value is -5.68. The third kappa shape index (κ3) is 5.34. The molecule has 1 saturated carbocycles. The van der Waals surface area contributed by atoms with Crippen molar-refractivity contribution >= 4 is 16.8 Å². The molecule has 56 heavy (non-hydrogen) atoms. The highest BCUT2D eigenvalue weighted by molar-refractivity contribution is 6.10. The molecule has 0 atom stereocenters. The molecule has 0 aromatic heterocycles. The maximum absolute atomic E-state index is 7.73. The standard InChI is InChI=1S/C51H50O5/c1-7-49(8-2)27-29-50(30-28-49)44-12-10-9-11-39(44)46-42-31-41(33-13-19-36(52-3)20-14-33)45(55-6)32-43(42)48-40(47(46)50)25-26-51(56-48,34-15-21-37(53-4)22-16-34)35-17-23-38(54-5)24-18-35/h9-26,31-32H,7-8,27-30H2,1-6H3. The molecule has 0 amide bonds. The molecule has 1 fully saturated rings. The summed E-state index contributed by atoms with van der Waals surface area (Å²) < 4.78 is 30.7. The maximum atomic E-state index is 7.73. The van der Waals surface area contributed by atoms with E-state index in [4.69, 9.17) is 23.7 Å². The van der Waals surface area contributed by atoms with E-state index >= 15 is 0 Å². The molecular formula is C51H50O5. The van der Waals surface area contributed by atoms with Crippen molar-refractivity contribution in [2.24, 2.45) is 5.41 Å². The molecule has 6 aromatic rings. The van der Waals surface area contributed by atoms with E-state index in [0.717, 1.165) is 69.2 Å². The Labute approximate surface area is 330 Å². The second-order valence-corrected chi connectivity index (χ2v) is 15.8. The van der Waals surface area contributed by atoms with Gasteiger partial charge in [0.15, 0.2) is 5.60 Å². The minimum absolute atomic E-state index is 0.133. The fourth-order valence-electron chi connectivity index (χ4n) is 10.2. The Bertz CT molecular complexity index is 2400. The van der Waals surface area contributed by atoms with Gasteiger partial charge in [0.1, 0.15) is 28.7 Å². The van der Waals surface area contributed by atoms with Crippen molar-refractivity contribution in [3.05, 3.63) is 143 Å². The van der Waals surface area contributed by atoms with Crippen molar-refractivity contribution in [3.8, 4) is 51.0 Å². The van der Waals surface area contributed by atoms with Gasteiger partial charge in [-0.2, -0.15) is 0 Å². The Morgan fingerprint density at radius 2 is 1.16 bits per heavy atom. The molecule has 0 saturated heterocycles. The van der Waals surface area contributed by atoms with Crippen LogP contribution in [0.5, 0.6) is 28.7 Å².